The summed E-state index contributed by atoms with van der Waals surface area (Å²) in [5.74, 6) is 1.13. The smallest absolute Gasteiger partial charge is 0.253 e. The molecule has 4 unspecified atom stereocenters. The molecular formula is C26H29N7O2S. The van der Waals surface area contributed by atoms with E-state index < -0.39 is 0 Å². The van der Waals surface area contributed by atoms with E-state index in [4.69, 9.17) is 10.7 Å². The maximum atomic E-state index is 12.8. The monoisotopic (exact) mass is 503 g/mol. The standard InChI is InChI=1S/C26H29N7O2S/c1-28-18-8-10-33(13-18)25(35)14-4-6-17(7-5-14)29-26-30-19-9-11-36-22(19)24(32-26)31-21-16-3-2-15(12-16)20(21)23(27)34/h2-7,9,11,15-16,18,20-21,28H,8,10,12-13H2,1H3,(H2,27,34)(H2,29,30,31,32)/t15?,16?,18-,20?,21?/m1/s1. The summed E-state index contributed by atoms with van der Waals surface area (Å²) in [4.78, 5) is 36.3. The van der Waals surface area contributed by atoms with Gasteiger partial charge in [-0.1, -0.05) is 12.2 Å². The van der Waals surface area contributed by atoms with E-state index in [1.807, 2.05) is 47.7 Å². The Bertz CT molecular complexity index is 1340. The third-order valence-electron chi connectivity index (χ3n) is 7.67. The lowest BCUT2D eigenvalue weighted by Crippen LogP contribution is -2.41. The third kappa shape index (κ3) is 4.10. The molecule has 2 aromatic heterocycles. The van der Waals surface area contributed by atoms with Crippen LogP contribution in [0.15, 0.2) is 47.9 Å². The molecule has 3 aliphatic rings. The zero-order valence-corrected chi connectivity index (χ0v) is 20.8. The first-order valence-electron chi connectivity index (χ1n) is 12.3. The second-order valence-corrected chi connectivity index (χ2v) is 10.7. The molecule has 0 radical (unpaired) electrons. The third-order valence-corrected chi connectivity index (χ3v) is 8.58. The summed E-state index contributed by atoms with van der Waals surface area (Å²) in [5, 5.41) is 12.0. The molecule has 2 amide bonds. The topological polar surface area (TPSA) is 125 Å². The largest absolute Gasteiger partial charge is 0.369 e. The van der Waals surface area contributed by atoms with E-state index >= 15 is 0 Å². The molecule has 1 saturated carbocycles. The first kappa shape index (κ1) is 22.9. The fourth-order valence-electron chi connectivity index (χ4n) is 5.77. The quantitative estimate of drug-likeness (QED) is 0.365. The number of anilines is 3. The number of rotatable bonds is 7. The average Bonchev–Trinajstić information content (AvgIpc) is 3.68. The number of nitrogens with two attached hydrogens (primary N) is 1. The molecule has 0 spiro atoms. The van der Waals surface area contributed by atoms with Crippen molar-refractivity contribution in [1.82, 2.24) is 20.2 Å². The predicted molar refractivity (Wildman–Crippen MR) is 141 cm³/mol. The van der Waals surface area contributed by atoms with Crippen LogP contribution in [-0.4, -0.2) is 58.9 Å². The minimum Gasteiger partial charge on any atom is -0.369 e. The average molecular weight is 504 g/mol. The van der Waals surface area contributed by atoms with Crippen molar-refractivity contribution >= 4 is 50.8 Å². The van der Waals surface area contributed by atoms with E-state index in [0.29, 0.717) is 23.4 Å². The molecule has 2 bridgehead atoms. The van der Waals surface area contributed by atoms with Crippen LogP contribution in [0.3, 0.4) is 0 Å². The molecule has 2 fully saturated rings. The van der Waals surface area contributed by atoms with Crippen LogP contribution in [0.2, 0.25) is 0 Å². The molecule has 9 nitrogen and oxygen atoms in total. The molecular weight excluding hydrogens is 474 g/mol. The Morgan fingerprint density at radius 1 is 1.11 bits per heavy atom. The van der Waals surface area contributed by atoms with Crippen LogP contribution in [0.25, 0.3) is 10.2 Å². The fraction of sp³-hybridized carbons (Fsp3) is 0.385. The summed E-state index contributed by atoms with van der Waals surface area (Å²) in [5.41, 5.74) is 8.04. The zero-order valence-electron chi connectivity index (χ0n) is 20.0. The van der Waals surface area contributed by atoms with Gasteiger partial charge in [0.25, 0.3) is 5.91 Å². The van der Waals surface area contributed by atoms with Gasteiger partial charge in [0.2, 0.25) is 11.9 Å². The van der Waals surface area contributed by atoms with Gasteiger partial charge in [0, 0.05) is 36.4 Å². The van der Waals surface area contributed by atoms with Gasteiger partial charge >= 0.3 is 0 Å². The number of hydrogen-bond acceptors (Lipinski definition) is 8. The van der Waals surface area contributed by atoms with Crippen LogP contribution in [0.4, 0.5) is 17.5 Å². The van der Waals surface area contributed by atoms with Crippen LogP contribution in [-0.2, 0) is 4.79 Å². The predicted octanol–water partition coefficient (Wildman–Crippen LogP) is 2.96. The fourth-order valence-corrected chi connectivity index (χ4v) is 6.55. The van der Waals surface area contributed by atoms with Gasteiger partial charge in [0.1, 0.15) is 5.82 Å². The second-order valence-electron chi connectivity index (χ2n) is 9.81. The van der Waals surface area contributed by atoms with Crippen molar-refractivity contribution in [3.05, 3.63) is 53.4 Å². The lowest BCUT2D eigenvalue weighted by molar-refractivity contribution is -0.122. The van der Waals surface area contributed by atoms with E-state index in [1.165, 1.54) is 0 Å². The summed E-state index contributed by atoms with van der Waals surface area (Å²) in [6.45, 7) is 1.50. The Hall–Kier alpha value is -3.50. The lowest BCUT2D eigenvalue weighted by atomic mass is 9.88. The van der Waals surface area contributed by atoms with Crippen molar-refractivity contribution < 1.29 is 9.59 Å². The van der Waals surface area contributed by atoms with Crippen LogP contribution in [0.1, 0.15) is 23.2 Å². The van der Waals surface area contributed by atoms with Gasteiger partial charge in [-0.15, -0.1) is 11.3 Å². The number of nitrogens with zero attached hydrogens (tertiary/aromatic N) is 3. The van der Waals surface area contributed by atoms with Crippen molar-refractivity contribution in [1.29, 1.82) is 0 Å². The van der Waals surface area contributed by atoms with Crippen molar-refractivity contribution in [2.24, 2.45) is 23.5 Å². The van der Waals surface area contributed by atoms with Crippen LogP contribution in [0.5, 0.6) is 0 Å². The van der Waals surface area contributed by atoms with Crippen LogP contribution in [0, 0.1) is 17.8 Å². The Morgan fingerprint density at radius 2 is 1.92 bits per heavy atom. The molecule has 5 N–H and O–H groups in total. The second kappa shape index (κ2) is 9.18. The number of hydrogen-bond donors (Lipinski definition) is 4. The molecule has 1 saturated heterocycles. The van der Waals surface area contributed by atoms with Gasteiger partial charge in [-0.05, 0) is 67.4 Å². The number of nitrogens with one attached hydrogen (secondary N) is 3. The lowest BCUT2D eigenvalue weighted by Gasteiger charge is -2.27. The molecule has 2 aliphatic carbocycles. The molecule has 36 heavy (non-hydrogen) atoms. The Morgan fingerprint density at radius 3 is 2.67 bits per heavy atom. The van der Waals surface area contributed by atoms with E-state index in [1.54, 1.807) is 11.3 Å². The molecule has 1 aliphatic heterocycles. The number of carbonyl (C=O) groups excluding carboxylic acids is 2. The minimum absolute atomic E-state index is 0.0469. The number of allylic oxidation sites excluding steroid dienone is 1. The van der Waals surface area contributed by atoms with E-state index in [2.05, 4.69) is 33.1 Å². The van der Waals surface area contributed by atoms with Gasteiger partial charge < -0.3 is 26.6 Å². The molecule has 10 heteroatoms. The number of benzene rings is 1. The number of fused-ring (bicyclic) bond motifs is 3. The van der Waals surface area contributed by atoms with Gasteiger partial charge in [0.05, 0.1) is 16.1 Å². The normalized spacial score (nSPS) is 26.6. The molecule has 3 aromatic rings. The van der Waals surface area contributed by atoms with Crippen LogP contribution >= 0.6 is 11.3 Å². The maximum Gasteiger partial charge on any atom is 0.253 e. The summed E-state index contributed by atoms with van der Waals surface area (Å²) in [7, 11) is 1.93. The van der Waals surface area contributed by atoms with Gasteiger partial charge in [0.15, 0.2) is 0 Å². The first-order valence-corrected chi connectivity index (χ1v) is 13.2. The number of likely N-dealkylation sites (tertiary alicyclic amines) is 1. The number of aromatic nitrogens is 2. The molecule has 5 atom stereocenters. The number of likely N-dealkylation sites (N-methyl/N-ethyl adjacent to an activating group) is 1. The highest BCUT2D eigenvalue weighted by Gasteiger charge is 2.47. The van der Waals surface area contributed by atoms with Gasteiger partial charge in [-0.25, -0.2) is 4.98 Å². The number of amides is 2. The maximum absolute atomic E-state index is 12.8. The number of thiophene rings is 1. The summed E-state index contributed by atoms with van der Waals surface area (Å²) in [6, 6.07) is 9.64. The van der Waals surface area contributed by atoms with Crippen LogP contribution < -0.4 is 21.7 Å². The van der Waals surface area contributed by atoms with E-state index in [-0.39, 0.29) is 35.6 Å². The highest BCUT2D eigenvalue weighted by atomic mass is 32.1. The SMILES string of the molecule is CN[C@@H]1CCN(C(=O)c2ccc(Nc3nc(NC4C5C=CC(C5)C4C(N)=O)c4sccc4n3)cc2)C1. The molecule has 3 heterocycles. The van der Waals surface area contributed by atoms with Crippen molar-refractivity contribution in [3.63, 3.8) is 0 Å². The summed E-state index contributed by atoms with van der Waals surface area (Å²) >= 11 is 1.56. The molecule has 186 valence electrons. The Kier molecular flexibility index (Phi) is 5.85. The minimum atomic E-state index is -0.274. The summed E-state index contributed by atoms with van der Waals surface area (Å²) in [6.07, 6.45) is 6.20. The molecule has 1 aromatic carbocycles. The zero-order chi connectivity index (χ0) is 24.8. The van der Waals surface area contributed by atoms with Crippen molar-refractivity contribution in [2.75, 3.05) is 30.8 Å². The highest BCUT2D eigenvalue weighted by molar-refractivity contribution is 7.17. The Balaban J connectivity index is 1.21. The van der Waals surface area contributed by atoms with Crippen molar-refractivity contribution in [2.45, 2.75) is 24.9 Å². The van der Waals surface area contributed by atoms with Gasteiger partial charge in [-0.3, -0.25) is 9.59 Å². The summed E-state index contributed by atoms with van der Waals surface area (Å²) < 4.78 is 0.946. The van der Waals surface area contributed by atoms with Crippen molar-refractivity contribution in [3.8, 4) is 0 Å². The van der Waals surface area contributed by atoms with E-state index in [9.17, 15) is 9.59 Å². The highest BCUT2D eigenvalue weighted by Crippen LogP contribution is 2.45. The Labute approximate surface area is 213 Å². The first-order chi connectivity index (χ1) is 17.5. The molecule has 6 rings (SSSR count). The van der Waals surface area contributed by atoms with E-state index in [0.717, 1.165) is 41.8 Å². The number of primary amides is 1. The number of carbonyl (C=O) groups is 2. The van der Waals surface area contributed by atoms with Gasteiger partial charge in [-0.2, -0.15) is 4.98 Å².